The van der Waals surface area contributed by atoms with Gasteiger partial charge in [-0.15, -0.1) is 0 Å². The molecule has 1 amide bonds. The summed E-state index contributed by atoms with van der Waals surface area (Å²) in [5.41, 5.74) is 1.87. The van der Waals surface area contributed by atoms with Gasteiger partial charge in [0.1, 0.15) is 0 Å². The lowest BCUT2D eigenvalue weighted by Gasteiger charge is -2.09. The number of carbonyl (C=O) groups excluding carboxylic acids is 1. The zero-order valence-corrected chi connectivity index (χ0v) is 11.0. The highest BCUT2D eigenvalue weighted by molar-refractivity contribution is 5.92. The second kappa shape index (κ2) is 5.52. The van der Waals surface area contributed by atoms with E-state index in [1.807, 2.05) is 31.2 Å². The van der Waals surface area contributed by atoms with Crippen molar-refractivity contribution in [1.29, 1.82) is 0 Å². The Hall–Kier alpha value is -2.36. The molecule has 98 valence electrons. The molecule has 1 atom stereocenters. The van der Waals surface area contributed by atoms with E-state index >= 15 is 0 Å². The van der Waals surface area contributed by atoms with Crippen molar-refractivity contribution in [2.45, 2.75) is 19.9 Å². The summed E-state index contributed by atoms with van der Waals surface area (Å²) in [7, 11) is 0. The maximum Gasteiger partial charge on any atom is 0.293 e. The molecule has 1 heterocycles. The van der Waals surface area contributed by atoms with Crippen LogP contribution in [0.15, 0.2) is 48.8 Å². The van der Waals surface area contributed by atoms with Gasteiger partial charge >= 0.3 is 0 Å². The number of amides is 1. The molecule has 0 aliphatic heterocycles. The summed E-state index contributed by atoms with van der Waals surface area (Å²) in [5, 5.41) is 12.3. The van der Waals surface area contributed by atoms with Gasteiger partial charge in [-0.1, -0.05) is 12.1 Å². The molecule has 2 N–H and O–H groups in total. The Morgan fingerprint density at radius 3 is 2.79 bits per heavy atom. The fourth-order valence-corrected chi connectivity index (χ4v) is 1.83. The number of nitrogens with one attached hydrogen (secondary N) is 1. The predicted octanol–water partition coefficient (Wildman–Crippen LogP) is 2.19. The van der Waals surface area contributed by atoms with Crippen molar-refractivity contribution in [3.63, 3.8) is 0 Å². The first-order valence-electron chi connectivity index (χ1n) is 6.13. The van der Waals surface area contributed by atoms with Crippen LogP contribution in [0.3, 0.4) is 0 Å². The summed E-state index contributed by atoms with van der Waals surface area (Å²) in [6.07, 6.45) is 3.28. The number of aryl methyl sites for hydroxylation is 1. The third-order valence-corrected chi connectivity index (χ3v) is 2.92. The molecule has 0 spiro atoms. The molecule has 0 saturated heterocycles. The van der Waals surface area contributed by atoms with E-state index < -0.39 is 6.04 Å². The van der Waals surface area contributed by atoms with Crippen LogP contribution in [0.25, 0.3) is 0 Å². The van der Waals surface area contributed by atoms with Crippen molar-refractivity contribution >= 4 is 11.6 Å². The fraction of sp³-hybridized carbons (Fsp3) is 0.200. The van der Waals surface area contributed by atoms with E-state index in [1.165, 1.54) is 6.20 Å². The van der Waals surface area contributed by atoms with E-state index in [9.17, 15) is 9.90 Å². The van der Waals surface area contributed by atoms with Gasteiger partial charge in [-0.25, -0.2) is 0 Å². The van der Waals surface area contributed by atoms with Gasteiger partial charge in [0.25, 0.3) is 5.91 Å². The van der Waals surface area contributed by atoms with Gasteiger partial charge in [0.05, 0.1) is 0 Å². The maximum absolute atomic E-state index is 12.1. The molecule has 1 aromatic heterocycles. The lowest BCUT2D eigenvalue weighted by molar-refractivity contribution is -0.705. The normalized spacial score (nSPS) is 11.9. The average molecular weight is 257 g/mol. The number of hydrogen-bond acceptors (Lipinski definition) is 2. The first kappa shape index (κ1) is 13.1. The van der Waals surface area contributed by atoms with Crippen LogP contribution in [0, 0.1) is 6.92 Å². The molecule has 4 heteroatoms. The van der Waals surface area contributed by atoms with Crippen molar-refractivity contribution < 1.29 is 14.5 Å². The summed E-state index contributed by atoms with van der Waals surface area (Å²) in [6, 6.07) is 10.5. The third-order valence-electron chi connectivity index (χ3n) is 2.92. The van der Waals surface area contributed by atoms with Gasteiger partial charge in [-0.05, 0) is 30.7 Å². The van der Waals surface area contributed by atoms with E-state index in [4.69, 9.17) is 0 Å². The van der Waals surface area contributed by atoms with Crippen LogP contribution in [-0.4, -0.2) is 11.0 Å². The van der Waals surface area contributed by atoms with Gasteiger partial charge in [0.15, 0.2) is 11.9 Å². The van der Waals surface area contributed by atoms with Crippen LogP contribution in [0.2, 0.25) is 0 Å². The van der Waals surface area contributed by atoms with E-state index in [2.05, 4.69) is 5.32 Å². The molecule has 4 nitrogen and oxygen atoms in total. The van der Waals surface area contributed by atoms with Gasteiger partial charge in [0.2, 0.25) is 12.2 Å². The number of aromatic nitrogens is 1. The summed E-state index contributed by atoms with van der Waals surface area (Å²) in [6.45, 7) is 3.76. The van der Waals surface area contributed by atoms with Crippen molar-refractivity contribution in [2.75, 3.05) is 5.32 Å². The highest BCUT2D eigenvalue weighted by Crippen LogP contribution is 2.11. The SMILES string of the molecule is Cc1cccc(NC(=O)[C@@H](C)[n+]2cccc(O)c2)c1. The molecule has 0 aliphatic carbocycles. The zero-order valence-electron chi connectivity index (χ0n) is 11.0. The van der Waals surface area contributed by atoms with Crippen LogP contribution in [0.5, 0.6) is 5.75 Å². The Balaban J connectivity index is 2.12. The summed E-state index contributed by atoms with van der Waals surface area (Å²) >= 11 is 0. The Morgan fingerprint density at radius 2 is 2.11 bits per heavy atom. The monoisotopic (exact) mass is 257 g/mol. The van der Waals surface area contributed by atoms with Crippen LogP contribution in [-0.2, 0) is 4.79 Å². The van der Waals surface area contributed by atoms with E-state index in [-0.39, 0.29) is 11.7 Å². The van der Waals surface area contributed by atoms with Gasteiger partial charge in [-0.3, -0.25) is 4.79 Å². The lowest BCUT2D eigenvalue weighted by atomic mass is 10.2. The van der Waals surface area contributed by atoms with Crippen LogP contribution in [0.1, 0.15) is 18.5 Å². The smallest absolute Gasteiger partial charge is 0.293 e. The Labute approximate surface area is 112 Å². The quantitative estimate of drug-likeness (QED) is 0.828. The van der Waals surface area contributed by atoms with Crippen LogP contribution >= 0.6 is 0 Å². The summed E-state index contributed by atoms with van der Waals surface area (Å²) in [5.74, 6) is 0.0129. The Morgan fingerprint density at radius 1 is 1.32 bits per heavy atom. The molecule has 2 aromatic rings. The number of carbonyl (C=O) groups is 1. The minimum absolute atomic E-state index is 0.124. The number of benzene rings is 1. The fourth-order valence-electron chi connectivity index (χ4n) is 1.83. The zero-order chi connectivity index (χ0) is 13.8. The molecule has 0 aliphatic rings. The van der Waals surface area contributed by atoms with E-state index in [0.717, 1.165) is 11.3 Å². The van der Waals surface area contributed by atoms with Crippen molar-refractivity contribution in [2.24, 2.45) is 0 Å². The Kier molecular flexibility index (Phi) is 3.80. The highest BCUT2D eigenvalue weighted by Gasteiger charge is 2.22. The van der Waals surface area contributed by atoms with Crippen molar-refractivity contribution in [1.82, 2.24) is 0 Å². The number of pyridine rings is 1. The molecule has 19 heavy (non-hydrogen) atoms. The second-order valence-corrected chi connectivity index (χ2v) is 4.54. The molecule has 0 radical (unpaired) electrons. The van der Waals surface area contributed by atoms with Gasteiger partial charge < -0.3 is 10.4 Å². The largest absolute Gasteiger partial charge is 0.503 e. The number of nitrogens with zero attached hydrogens (tertiary/aromatic N) is 1. The molecule has 2 rings (SSSR count). The molecule has 0 bridgehead atoms. The average Bonchev–Trinajstić information content (AvgIpc) is 2.38. The minimum atomic E-state index is -0.396. The first-order valence-corrected chi connectivity index (χ1v) is 6.13. The number of hydrogen-bond donors (Lipinski definition) is 2. The highest BCUT2D eigenvalue weighted by atomic mass is 16.3. The molecule has 0 fully saturated rings. The molecule has 0 unspecified atom stereocenters. The first-order chi connectivity index (χ1) is 9.06. The van der Waals surface area contributed by atoms with Crippen LogP contribution in [0.4, 0.5) is 5.69 Å². The molecule has 0 saturated carbocycles. The third kappa shape index (κ3) is 3.31. The summed E-state index contributed by atoms with van der Waals surface area (Å²) < 4.78 is 1.67. The second-order valence-electron chi connectivity index (χ2n) is 4.54. The van der Waals surface area contributed by atoms with E-state index in [0.29, 0.717) is 0 Å². The molecular weight excluding hydrogens is 240 g/mol. The number of aromatic hydroxyl groups is 1. The minimum Gasteiger partial charge on any atom is -0.503 e. The van der Waals surface area contributed by atoms with Crippen molar-refractivity contribution in [3.8, 4) is 5.75 Å². The number of anilines is 1. The van der Waals surface area contributed by atoms with Crippen molar-refractivity contribution in [3.05, 3.63) is 54.4 Å². The molecule has 1 aromatic carbocycles. The number of rotatable bonds is 3. The maximum atomic E-state index is 12.1. The van der Waals surface area contributed by atoms with Gasteiger partial charge in [-0.2, -0.15) is 4.57 Å². The predicted molar refractivity (Wildman–Crippen MR) is 72.8 cm³/mol. The topological polar surface area (TPSA) is 53.2 Å². The van der Waals surface area contributed by atoms with E-state index in [1.54, 1.807) is 29.8 Å². The molecular formula is C15H17N2O2+. The van der Waals surface area contributed by atoms with Gasteiger partial charge in [0, 0.05) is 18.7 Å². The standard InChI is InChI=1S/C15H16N2O2/c1-11-5-3-6-13(9-11)16-15(19)12(2)17-8-4-7-14(18)10-17/h3-10,12H,1-2H3,(H-,16,18,19)/p+1/t12-/m1/s1. The Bertz CT molecular complexity index is 596. The lowest BCUT2D eigenvalue weighted by Crippen LogP contribution is -2.43. The summed E-state index contributed by atoms with van der Waals surface area (Å²) in [4.78, 5) is 12.1. The van der Waals surface area contributed by atoms with Crippen LogP contribution < -0.4 is 9.88 Å².